The number of aromatic nitrogens is 2. The Morgan fingerprint density at radius 1 is 1.29 bits per heavy atom. The molecule has 2 heterocycles. The van der Waals surface area contributed by atoms with Crippen molar-refractivity contribution in [3.63, 3.8) is 0 Å². The molecule has 1 aliphatic carbocycles. The summed E-state index contributed by atoms with van der Waals surface area (Å²) in [6.07, 6.45) is -0.753. The van der Waals surface area contributed by atoms with E-state index in [1.54, 1.807) is 35.0 Å². The van der Waals surface area contributed by atoms with E-state index in [9.17, 15) is 13.2 Å². The lowest BCUT2D eigenvalue weighted by atomic mass is 10.2. The van der Waals surface area contributed by atoms with Gasteiger partial charge in [-0.05, 0) is 25.0 Å². The number of nitrogens with zero attached hydrogens (tertiary/aromatic N) is 2. The number of fused-ring (bicyclic) bond motifs is 1. The second kappa shape index (κ2) is 3.15. The van der Waals surface area contributed by atoms with E-state index in [1.807, 2.05) is 0 Å². The van der Waals surface area contributed by atoms with Gasteiger partial charge in [0.15, 0.2) is 0 Å². The summed E-state index contributed by atoms with van der Waals surface area (Å²) in [5.74, 6) is 0.426. The third-order valence-corrected chi connectivity index (χ3v) is 3.09. The van der Waals surface area contributed by atoms with Crippen molar-refractivity contribution in [1.29, 1.82) is 0 Å². The maximum atomic E-state index is 12.8. The fourth-order valence-corrected chi connectivity index (χ4v) is 1.90. The van der Waals surface area contributed by atoms with Crippen LogP contribution in [-0.2, 0) is 0 Å². The number of hydrogen-bond acceptors (Lipinski definition) is 2. The minimum atomic E-state index is -4.21. The molecule has 6 heteroatoms. The molecule has 1 aliphatic rings. The van der Waals surface area contributed by atoms with Crippen molar-refractivity contribution in [2.24, 2.45) is 0 Å². The predicted octanol–water partition coefficient (Wildman–Crippen LogP) is 2.84. The van der Waals surface area contributed by atoms with E-state index in [0.29, 0.717) is 11.5 Å². The van der Waals surface area contributed by atoms with Gasteiger partial charge >= 0.3 is 6.18 Å². The van der Waals surface area contributed by atoms with Crippen molar-refractivity contribution < 1.29 is 13.2 Å². The first-order valence-electron chi connectivity index (χ1n) is 5.29. The van der Waals surface area contributed by atoms with Gasteiger partial charge < -0.3 is 5.32 Å². The Labute approximate surface area is 95.3 Å². The number of imidazole rings is 1. The lowest BCUT2D eigenvalue weighted by molar-refractivity contribution is -0.151. The molecule has 90 valence electrons. The molecule has 0 spiro atoms. The molecule has 0 radical (unpaired) electrons. The molecular weight excluding hydrogens is 231 g/mol. The van der Waals surface area contributed by atoms with Gasteiger partial charge in [-0.2, -0.15) is 13.2 Å². The van der Waals surface area contributed by atoms with Gasteiger partial charge in [-0.25, -0.2) is 4.98 Å². The monoisotopic (exact) mass is 241 g/mol. The van der Waals surface area contributed by atoms with E-state index < -0.39 is 11.7 Å². The van der Waals surface area contributed by atoms with E-state index in [4.69, 9.17) is 0 Å². The number of rotatable bonds is 2. The van der Waals surface area contributed by atoms with Crippen LogP contribution >= 0.6 is 0 Å². The van der Waals surface area contributed by atoms with E-state index in [-0.39, 0.29) is 12.8 Å². The normalized spacial score (nSPS) is 18.3. The van der Waals surface area contributed by atoms with Crippen LogP contribution in [0.4, 0.5) is 19.0 Å². The standard InChI is InChI=1S/C11H10F3N3/c12-11(13,14)10(4-5-10)16-9-3-1-2-8-15-6-7-17(8)9/h1-3,6-7,16H,4-5H2. The summed E-state index contributed by atoms with van der Waals surface area (Å²) in [6, 6.07) is 5.07. The lowest BCUT2D eigenvalue weighted by Gasteiger charge is -2.22. The van der Waals surface area contributed by atoms with Crippen LogP contribution in [-0.4, -0.2) is 21.1 Å². The van der Waals surface area contributed by atoms with Gasteiger partial charge in [-0.1, -0.05) is 6.07 Å². The summed E-state index contributed by atoms with van der Waals surface area (Å²) in [4.78, 5) is 4.03. The van der Waals surface area contributed by atoms with Gasteiger partial charge in [0, 0.05) is 12.4 Å². The number of anilines is 1. The van der Waals surface area contributed by atoms with E-state index in [1.165, 1.54) is 0 Å². The summed E-state index contributed by atoms with van der Waals surface area (Å²) in [7, 11) is 0. The maximum Gasteiger partial charge on any atom is 0.411 e. The summed E-state index contributed by atoms with van der Waals surface area (Å²) in [5.41, 5.74) is -1.11. The molecule has 0 amide bonds. The minimum absolute atomic E-state index is 0.127. The van der Waals surface area contributed by atoms with Gasteiger partial charge in [-0.3, -0.25) is 4.40 Å². The summed E-state index contributed by atoms with van der Waals surface area (Å²) >= 11 is 0. The zero-order valence-electron chi connectivity index (χ0n) is 8.83. The molecule has 2 aromatic heterocycles. The van der Waals surface area contributed by atoms with Gasteiger partial charge in [0.1, 0.15) is 17.0 Å². The predicted molar refractivity (Wildman–Crippen MR) is 56.8 cm³/mol. The van der Waals surface area contributed by atoms with Crippen LogP contribution in [0.5, 0.6) is 0 Å². The molecule has 0 aliphatic heterocycles. The highest BCUT2D eigenvalue weighted by Gasteiger charge is 2.63. The fraction of sp³-hybridized carbons (Fsp3) is 0.364. The highest BCUT2D eigenvalue weighted by Crippen LogP contribution is 2.51. The molecular formula is C11H10F3N3. The largest absolute Gasteiger partial charge is 0.411 e. The zero-order chi connectivity index (χ0) is 12.1. The molecule has 1 saturated carbocycles. The van der Waals surface area contributed by atoms with Gasteiger partial charge in [0.25, 0.3) is 0 Å². The third-order valence-electron chi connectivity index (χ3n) is 3.09. The van der Waals surface area contributed by atoms with Crippen LogP contribution in [0.1, 0.15) is 12.8 Å². The second-order valence-corrected chi connectivity index (χ2v) is 4.27. The van der Waals surface area contributed by atoms with Crippen molar-refractivity contribution in [3.05, 3.63) is 30.6 Å². The molecule has 0 atom stereocenters. The molecule has 1 fully saturated rings. The number of nitrogens with one attached hydrogen (secondary N) is 1. The first-order valence-corrected chi connectivity index (χ1v) is 5.29. The van der Waals surface area contributed by atoms with Gasteiger partial charge in [0.2, 0.25) is 0 Å². The van der Waals surface area contributed by atoms with Crippen molar-refractivity contribution in [1.82, 2.24) is 9.38 Å². The molecule has 0 bridgehead atoms. The van der Waals surface area contributed by atoms with Gasteiger partial charge in [-0.15, -0.1) is 0 Å². The van der Waals surface area contributed by atoms with Crippen molar-refractivity contribution in [2.45, 2.75) is 24.6 Å². The number of hydrogen-bond donors (Lipinski definition) is 1. The fourth-order valence-electron chi connectivity index (χ4n) is 1.90. The Hall–Kier alpha value is -1.72. The van der Waals surface area contributed by atoms with Crippen molar-refractivity contribution in [3.8, 4) is 0 Å². The van der Waals surface area contributed by atoms with Crippen molar-refractivity contribution >= 4 is 11.5 Å². The Morgan fingerprint density at radius 2 is 2.06 bits per heavy atom. The average Bonchev–Trinajstić information content (AvgIpc) is 2.89. The minimum Gasteiger partial charge on any atom is -0.357 e. The van der Waals surface area contributed by atoms with Crippen molar-refractivity contribution in [2.75, 3.05) is 5.32 Å². The van der Waals surface area contributed by atoms with Crippen LogP contribution in [0.25, 0.3) is 5.65 Å². The topological polar surface area (TPSA) is 29.3 Å². The van der Waals surface area contributed by atoms with Crippen LogP contribution in [0, 0.1) is 0 Å². The molecule has 0 unspecified atom stereocenters. The van der Waals surface area contributed by atoms with Crippen LogP contribution < -0.4 is 5.32 Å². The molecule has 2 aromatic rings. The van der Waals surface area contributed by atoms with Crippen LogP contribution in [0.15, 0.2) is 30.6 Å². The summed E-state index contributed by atoms with van der Waals surface area (Å²) in [6.45, 7) is 0. The quantitative estimate of drug-likeness (QED) is 0.876. The molecule has 0 saturated heterocycles. The highest BCUT2D eigenvalue weighted by atomic mass is 19.4. The molecule has 0 aromatic carbocycles. The summed E-state index contributed by atoms with van der Waals surface area (Å²) in [5, 5.41) is 2.60. The second-order valence-electron chi connectivity index (χ2n) is 4.27. The molecule has 1 N–H and O–H groups in total. The average molecular weight is 241 g/mol. The lowest BCUT2D eigenvalue weighted by Crippen LogP contribution is -2.39. The first-order chi connectivity index (χ1) is 8.02. The number of alkyl halides is 3. The molecule has 3 rings (SSSR count). The van der Waals surface area contributed by atoms with Crippen LogP contribution in [0.3, 0.4) is 0 Å². The third kappa shape index (κ3) is 1.55. The Kier molecular flexibility index (Phi) is 1.93. The highest BCUT2D eigenvalue weighted by molar-refractivity contribution is 5.52. The van der Waals surface area contributed by atoms with E-state index >= 15 is 0 Å². The smallest absolute Gasteiger partial charge is 0.357 e. The van der Waals surface area contributed by atoms with E-state index in [2.05, 4.69) is 10.3 Å². The molecule has 3 nitrogen and oxygen atoms in total. The Bertz CT molecular complexity index is 554. The Morgan fingerprint density at radius 3 is 2.71 bits per heavy atom. The zero-order valence-corrected chi connectivity index (χ0v) is 8.83. The van der Waals surface area contributed by atoms with Gasteiger partial charge in [0.05, 0.1) is 0 Å². The maximum absolute atomic E-state index is 12.8. The molecule has 17 heavy (non-hydrogen) atoms. The van der Waals surface area contributed by atoms with Crippen LogP contribution in [0.2, 0.25) is 0 Å². The number of halogens is 3. The SMILES string of the molecule is FC(F)(F)C1(Nc2cccc3nccn23)CC1. The summed E-state index contributed by atoms with van der Waals surface area (Å²) < 4.78 is 40.1. The van der Waals surface area contributed by atoms with E-state index in [0.717, 1.165) is 0 Å². The number of pyridine rings is 1. The Balaban J connectivity index is 1.98. The first kappa shape index (κ1) is 10.4.